The van der Waals surface area contributed by atoms with Crippen LogP contribution in [0.2, 0.25) is 0 Å². The Morgan fingerprint density at radius 2 is 1.73 bits per heavy atom. The number of nitrogens with zero attached hydrogens (tertiary/aromatic N) is 2. The highest BCUT2D eigenvalue weighted by molar-refractivity contribution is 5.57. The number of hydrogen-bond acceptors (Lipinski definition) is 4. The van der Waals surface area contributed by atoms with E-state index in [1.54, 1.807) is 0 Å². The van der Waals surface area contributed by atoms with Crippen LogP contribution in [0, 0.1) is 20.8 Å². The lowest BCUT2D eigenvalue weighted by molar-refractivity contribution is 0.749. The molecule has 1 aliphatic carbocycles. The van der Waals surface area contributed by atoms with Gasteiger partial charge in [-0.05, 0) is 56.9 Å². The predicted molar refractivity (Wildman–Crippen MR) is 91.8 cm³/mol. The van der Waals surface area contributed by atoms with E-state index in [0.29, 0.717) is 12.0 Å². The van der Waals surface area contributed by atoms with Gasteiger partial charge in [0.05, 0.1) is 0 Å². The van der Waals surface area contributed by atoms with Crippen molar-refractivity contribution in [3.63, 3.8) is 0 Å². The Bertz CT molecular complexity index is 660. The number of hydrogen-bond donors (Lipinski definition) is 2. The van der Waals surface area contributed by atoms with Gasteiger partial charge >= 0.3 is 0 Å². The molecule has 22 heavy (non-hydrogen) atoms. The summed E-state index contributed by atoms with van der Waals surface area (Å²) in [7, 11) is 0. The zero-order chi connectivity index (χ0) is 15.5. The molecule has 4 nitrogen and oxygen atoms in total. The van der Waals surface area contributed by atoms with Crippen molar-refractivity contribution in [1.82, 2.24) is 9.97 Å². The van der Waals surface area contributed by atoms with Gasteiger partial charge in [0.15, 0.2) is 0 Å². The first-order valence-electron chi connectivity index (χ1n) is 8.06. The number of anilines is 3. The summed E-state index contributed by atoms with van der Waals surface area (Å²) in [5.74, 6) is 1.58. The average molecular weight is 296 g/mol. The van der Waals surface area contributed by atoms with Gasteiger partial charge in [0.25, 0.3) is 0 Å². The lowest BCUT2D eigenvalue weighted by atomic mass is 10.1. The molecule has 0 amide bonds. The maximum atomic E-state index is 4.61. The monoisotopic (exact) mass is 296 g/mol. The van der Waals surface area contributed by atoms with Gasteiger partial charge < -0.3 is 10.6 Å². The van der Waals surface area contributed by atoms with E-state index < -0.39 is 0 Å². The first kappa shape index (κ1) is 14.8. The Balaban J connectivity index is 1.77. The summed E-state index contributed by atoms with van der Waals surface area (Å²) in [4.78, 5) is 9.10. The van der Waals surface area contributed by atoms with E-state index in [0.717, 1.165) is 17.2 Å². The highest BCUT2D eigenvalue weighted by atomic mass is 15.1. The number of benzene rings is 1. The van der Waals surface area contributed by atoms with E-state index in [1.165, 1.54) is 36.8 Å². The SMILES string of the molecule is Cc1cc(NC2CCCC2)nc(Nc2ccc(C)c(C)c2)n1. The molecule has 0 spiro atoms. The van der Waals surface area contributed by atoms with Gasteiger partial charge in [-0.2, -0.15) is 4.98 Å². The molecule has 0 bridgehead atoms. The minimum atomic E-state index is 0.559. The fraction of sp³-hybridized carbons (Fsp3) is 0.444. The van der Waals surface area contributed by atoms with Crippen LogP contribution in [0.3, 0.4) is 0 Å². The Labute approximate surface area is 132 Å². The van der Waals surface area contributed by atoms with Crippen LogP contribution >= 0.6 is 0 Å². The second-order valence-corrected chi connectivity index (χ2v) is 6.27. The number of aromatic nitrogens is 2. The molecule has 0 atom stereocenters. The first-order chi connectivity index (χ1) is 10.6. The summed E-state index contributed by atoms with van der Waals surface area (Å²) in [6.07, 6.45) is 5.11. The van der Waals surface area contributed by atoms with Crippen molar-refractivity contribution in [3.05, 3.63) is 41.1 Å². The molecule has 1 saturated carbocycles. The standard InChI is InChI=1S/C18H24N4/c1-12-8-9-16(10-13(12)2)21-18-19-14(3)11-17(22-18)20-15-6-4-5-7-15/h8-11,15H,4-7H2,1-3H3,(H2,19,20,21,22). The summed E-state index contributed by atoms with van der Waals surface area (Å²) < 4.78 is 0. The van der Waals surface area contributed by atoms with Crippen LogP contribution < -0.4 is 10.6 Å². The fourth-order valence-electron chi connectivity index (χ4n) is 2.93. The molecule has 1 aromatic carbocycles. The third kappa shape index (κ3) is 3.56. The van der Waals surface area contributed by atoms with Crippen molar-refractivity contribution < 1.29 is 0 Å². The van der Waals surface area contributed by atoms with Gasteiger partial charge in [0.2, 0.25) is 5.95 Å². The van der Waals surface area contributed by atoms with Gasteiger partial charge in [0.1, 0.15) is 5.82 Å². The van der Waals surface area contributed by atoms with Crippen molar-refractivity contribution in [2.24, 2.45) is 0 Å². The van der Waals surface area contributed by atoms with Gasteiger partial charge in [0, 0.05) is 23.5 Å². The van der Waals surface area contributed by atoms with E-state index in [4.69, 9.17) is 0 Å². The molecule has 1 fully saturated rings. The minimum Gasteiger partial charge on any atom is -0.367 e. The molecule has 2 aromatic rings. The van der Waals surface area contributed by atoms with Crippen LogP contribution in [0.5, 0.6) is 0 Å². The molecule has 4 heteroatoms. The second-order valence-electron chi connectivity index (χ2n) is 6.27. The Morgan fingerprint density at radius 3 is 2.45 bits per heavy atom. The molecule has 1 aromatic heterocycles. The van der Waals surface area contributed by atoms with E-state index in [1.807, 2.05) is 13.0 Å². The van der Waals surface area contributed by atoms with Gasteiger partial charge in [-0.15, -0.1) is 0 Å². The zero-order valence-corrected chi connectivity index (χ0v) is 13.6. The maximum Gasteiger partial charge on any atom is 0.229 e. The minimum absolute atomic E-state index is 0.559. The van der Waals surface area contributed by atoms with E-state index in [2.05, 4.69) is 52.6 Å². The summed E-state index contributed by atoms with van der Waals surface area (Å²) in [5, 5.41) is 6.85. The average Bonchev–Trinajstić information content (AvgIpc) is 2.95. The second kappa shape index (κ2) is 6.34. The molecule has 0 radical (unpaired) electrons. The molecule has 2 N–H and O–H groups in total. The lowest BCUT2D eigenvalue weighted by Crippen LogP contribution is -2.16. The molecular weight excluding hydrogens is 272 g/mol. The van der Waals surface area contributed by atoms with E-state index >= 15 is 0 Å². The normalized spacial score (nSPS) is 15.0. The first-order valence-corrected chi connectivity index (χ1v) is 8.06. The fourth-order valence-corrected chi connectivity index (χ4v) is 2.93. The Kier molecular flexibility index (Phi) is 4.27. The van der Waals surface area contributed by atoms with E-state index in [-0.39, 0.29) is 0 Å². The largest absolute Gasteiger partial charge is 0.367 e. The van der Waals surface area contributed by atoms with Gasteiger partial charge in [-0.1, -0.05) is 18.9 Å². The van der Waals surface area contributed by atoms with Crippen molar-refractivity contribution in [2.45, 2.75) is 52.5 Å². The van der Waals surface area contributed by atoms with E-state index in [9.17, 15) is 0 Å². The third-order valence-electron chi connectivity index (χ3n) is 4.32. The summed E-state index contributed by atoms with van der Waals surface area (Å²) in [6, 6.07) is 8.89. The Morgan fingerprint density at radius 1 is 0.955 bits per heavy atom. The zero-order valence-electron chi connectivity index (χ0n) is 13.6. The summed E-state index contributed by atoms with van der Waals surface area (Å²) in [6.45, 7) is 6.24. The summed E-state index contributed by atoms with van der Waals surface area (Å²) in [5.41, 5.74) is 4.56. The lowest BCUT2D eigenvalue weighted by Gasteiger charge is -2.14. The molecule has 116 valence electrons. The smallest absolute Gasteiger partial charge is 0.229 e. The van der Waals surface area contributed by atoms with Crippen molar-refractivity contribution in [1.29, 1.82) is 0 Å². The van der Waals surface area contributed by atoms with Gasteiger partial charge in [-0.25, -0.2) is 4.98 Å². The molecular formula is C18H24N4. The van der Waals surface area contributed by atoms with Crippen LogP contribution in [0.25, 0.3) is 0 Å². The summed E-state index contributed by atoms with van der Waals surface area (Å²) >= 11 is 0. The van der Waals surface area contributed by atoms with Crippen LogP contribution in [0.15, 0.2) is 24.3 Å². The molecule has 3 rings (SSSR count). The molecule has 0 saturated heterocycles. The topological polar surface area (TPSA) is 49.8 Å². The number of aryl methyl sites for hydroxylation is 3. The predicted octanol–water partition coefficient (Wildman–Crippen LogP) is 4.50. The van der Waals surface area contributed by atoms with Crippen molar-refractivity contribution in [2.75, 3.05) is 10.6 Å². The van der Waals surface area contributed by atoms with Crippen molar-refractivity contribution in [3.8, 4) is 0 Å². The van der Waals surface area contributed by atoms with Gasteiger partial charge in [-0.3, -0.25) is 0 Å². The van der Waals surface area contributed by atoms with Crippen molar-refractivity contribution >= 4 is 17.5 Å². The highest BCUT2D eigenvalue weighted by Crippen LogP contribution is 2.23. The third-order valence-corrected chi connectivity index (χ3v) is 4.32. The highest BCUT2D eigenvalue weighted by Gasteiger charge is 2.15. The van der Waals surface area contributed by atoms with Crippen LogP contribution in [0.1, 0.15) is 42.5 Å². The number of nitrogens with one attached hydrogen (secondary N) is 2. The molecule has 0 unspecified atom stereocenters. The van der Waals surface area contributed by atoms with Crippen LogP contribution in [-0.4, -0.2) is 16.0 Å². The quantitative estimate of drug-likeness (QED) is 0.872. The molecule has 1 aliphatic rings. The Hall–Kier alpha value is -2.10. The molecule has 1 heterocycles. The molecule has 0 aliphatic heterocycles. The number of rotatable bonds is 4. The van der Waals surface area contributed by atoms with Crippen LogP contribution in [0.4, 0.5) is 17.5 Å². The van der Waals surface area contributed by atoms with Crippen LogP contribution in [-0.2, 0) is 0 Å². The maximum absolute atomic E-state index is 4.61.